The summed E-state index contributed by atoms with van der Waals surface area (Å²) in [5.41, 5.74) is 0.453. The highest BCUT2D eigenvalue weighted by atomic mass is 31.0. The highest BCUT2D eigenvalue weighted by molar-refractivity contribution is 7.16. The van der Waals surface area contributed by atoms with Gasteiger partial charge in [0.25, 0.3) is 0 Å². The predicted molar refractivity (Wildman–Crippen MR) is 68.2 cm³/mol. The number of Topliss-reactive ketones (excluding diaryl/α,β-unsaturated/α-hetero) is 1. The van der Waals surface area contributed by atoms with Crippen molar-refractivity contribution in [1.82, 2.24) is 0 Å². The van der Waals surface area contributed by atoms with Crippen LogP contribution in [0.15, 0.2) is 12.1 Å². The molecule has 17 heavy (non-hydrogen) atoms. The van der Waals surface area contributed by atoms with Crippen molar-refractivity contribution in [3.8, 4) is 17.2 Å². The average molecular weight is 255 g/mol. The van der Waals surface area contributed by atoms with E-state index in [4.69, 9.17) is 14.2 Å². The Balaban J connectivity index is 3.29. The Labute approximate surface area is 103 Å². The molecule has 0 amide bonds. The lowest BCUT2D eigenvalue weighted by atomic mass is 10.1. The Bertz CT molecular complexity index is 378. The maximum atomic E-state index is 12.0. The second-order valence-electron chi connectivity index (χ2n) is 3.33. The van der Waals surface area contributed by atoms with E-state index < -0.39 is 0 Å². The number of carbonyl (C=O) groups is 1. The van der Waals surface area contributed by atoms with Crippen molar-refractivity contribution in [2.75, 3.05) is 27.5 Å². The van der Waals surface area contributed by atoms with E-state index in [1.807, 2.05) is 0 Å². The Morgan fingerprint density at radius 1 is 1.12 bits per heavy atom. The van der Waals surface area contributed by atoms with Gasteiger partial charge in [0.15, 0.2) is 5.78 Å². The molecule has 1 rings (SSSR count). The van der Waals surface area contributed by atoms with Crippen molar-refractivity contribution in [3.63, 3.8) is 0 Å². The first-order valence-electron chi connectivity index (χ1n) is 5.15. The largest absolute Gasteiger partial charge is 0.558 e. The van der Waals surface area contributed by atoms with Gasteiger partial charge in [0.05, 0.1) is 21.3 Å². The molecule has 0 spiro atoms. The average Bonchev–Trinajstić information content (AvgIpc) is 2.37. The molecule has 0 radical (unpaired) electrons. The number of carbonyl (C=O) groups excluding carboxylic acids is 1. The van der Waals surface area contributed by atoms with Crippen LogP contribution < -0.4 is 14.2 Å². The summed E-state index contributed by atoms with van der Waals surface area (Å²) in [5.74, 6) is 1.49. The van der Waals surface area contributed by atoms with Crippen molar-refractivity contribution >= 4 is 15.0 Å². The van der Waals surface area contributed by atoms with E-state index in [9.17, 15) is 4.79 Å². The second kappa shape index (κ2) is 6.45. The summed E-state index contributed by atoms with van der Waals surface area (Å²) in [6, 6.07) is 3.34. The number of ketones is 1. The molecule has 0 atom stereocenters. The lowest BCUT2D eigenvalue weighted by Gasteiger charge is -2.14. The molecule has 1 aromatic rings. The minimum Gasteiger partial charge on any atom is -0.558 e. The van der Waals surface area contributed by atoms with Crippen LogP contribution in [0, 0.1) is 0 Å². The summed E-state index contributed by atoms with van der Waals surface area (Å²) in [6.07, 6.45) is 0.979. The molecule has 5 heteroatoms. The van der Waals surface area contributed by atoms with Gasteiger partial charge in [0, 0.05) is 12.1 Å². The first-order valence-corrected chi connectivity index (χ1v) is 5.86. The van der Waals surface area contributed by atoms with Crippen LogP contribution in [0.1, 0.15) is 16.8 Å². The Hall–Kier alpha value is -1.28. The zero-order valence-electron chi connectivity index (χ0n) is 10.2. The second-order valence-corrected chi connectivity index (χ2v) is 3.83. The fourth-order valence-corrected chi connectivity index (χ4v) is 1.75. The SMILES string of the molecule is COc1cc(OC)c(C(=O)CC[PH-])c(OC)c1. The number of hydrogen-bond acceptors (Lipinski definition) is 4. The zero-order chi connectivity index (χ0) is 12.8. The van der Waals surface area contributed by atoms with Crippen LogP contribution in [0.3, 0.4) is 0 Å². The molecular weight excluding hydrogens is 239 g/mol. The van der Waals surface area contributed by atoms with Crippen LogP contribution in [-0.4, -0.2) is 33.3 Å². The number of methoxy groups -OCH3 is 3. The third kappa shape index (κ3) is 3.10. The van der Waals surface area contributed by atoms with Crippen molar-refractivity contribution in [2.24, 2.45) is 0 Å². The summed E-state index contributed by atoms with van der Waals surface area (Å²) >= 11 is 0. The van der Waals surface area contributed by atoms with Gasteiger partial charge in [-0.15, -0.1) is 0 Å². The third-order valence-corrected chi connectivity index (χ3v) is 2.60. The number of ether oxygens (including phenoxy) is 3. The van der Waals surface area contributed by atoms with Gasteiger partial charge in [-0.05, 0) is 6.42 Å². The van der Waals surface area contributed by atoms with Crippen molar-refractivity contribution < 1.29 is 19.0 Å². The summed E-state index contributed by atoms with van der Waals surface area (Å²) < 4.78 is 15.5. The van der Waals surface area contributed by atoms with Crippen molar-refractivity contribution in [2.45, 2.75) is 6.42 Å². The summed E-state index contributed by atoms with van der Waals surface area (Å²) in [5, 5.41) is 0. The number of rotatable bonds is 6. The smallest absolute Gasteiger partial charge is 0.167 e. The molecule has 0 N–H and O–H groups in total. The fourth-order valence-electron chi connectivity index (χ4n) is 1.52. The van der Waals surface area contributed by atoms with E-state index in [1.54, 1.807) is 19.2 Å². The van der Waals surface area contributed by atoms with E-state index in [0.717, 1.165) is 0 Å². The van der Waals surface area contributed by atoms with Gasteiger partial charge >= 0.3 is 0 Å². The standard InChI is InChI=1S/C12H16O4P/c1-14-8-6-10(15-2)12(9(13)4-5-17)11(7-8)16-3/h6-7,17H,4-5H2,1-3H3/q-1. The highest BCUT2D eigenvalue weighted by Crippen LogP contribution is 2.34. The van der Waals surface area contributed by atoms with E-state index in [2.05, 4.69) is 9.24 Å². The minimum atomic E-state index is -0.0312. The van der Waals surface area contributed by atoms with Gasteiger partial charge in [0.2, 0.25) is 0 Å². The third-order valence-electron chi connectivity index (χ3n) is 2.35. The van der Waals surface area contributed by atoms with Gasteiger partial charge in [0.1, 0.15) is 22.8 Å². The number of hydrogen-bond donors (Lipinski definition) is 0. The van der Waals surface area contributed by atoms with Gasteiger partial charge in [-0.3, -0.25) is 4.79 Å². The Morgan fingerprint density at radius 3 is 2.00 bits per heavy atom. The van der Waals surface area contributed by atoms with Crippen LogP contribution in [0.2, 0.25) is 0 Å². The minimum absolute atomic E-state index is 0.0312. The van der Waals surface area contributed by atoms with Gasteiger partial charge in [-0.25, -0.2) is 0 Å². The van der Waals surface area contributed by atoms with Crippen LogP contribution >= 0.6 is 9.24 Å². The monoisotopic (exact) mass is 255 g/mol. The lowest BCUT2D eigenvalue weighted by Crippen LogP contribution is -2.06. The summed E-state index contributed by atoms with van der Waals surface area (Å²) in [4.78, 5) is 12.0. The molecule has 0 unspecified atom stereocenters. The molecule has 0 saturated heterocycles. The van der Waals surface area contributed by atoms with E-state index >= 15 is 0 Å². The van der Waals surface area contributed by atoms with Crippen LogP contribution in [-0.2, 0) is 0 Å². The molecule has 0 fully saturated rings. The fraction of sp³-hybridized carbons (Fsp3) is 0.417. The van der Waals surface area contributed by atoms with Gasteiger partial charge in [-0.2, -0.15) is 6.16 Å². The normalized spacial score (nSPS) is 9.88. The first kappa shape index (κ1) is 13.8. The van der Waals surface area contributed by atoms with E-state index in [-0.39, 0.29) is 5.78 Å². The van der Waals surface area contributed by atoms with E-state index in [1.165, 1.54) is 14.2 Å². The molecular formula is C12H16O4P-. The molecule has 0 bridgehead atoms. The molecule has 4 nitrogen and oxygen atoms in total. The van der Waals surface area contributed by atoms with Gasteiger partial charge < -0.3 is 23.5 Å². The lowest BCUT2D eigenvalue weighted by molar-refractivity contribution is 0.0983. The molecule has 1 aromatic carbocycles. The maximum Gasteiger partial charge on any atom is 0.167 e. The molecule has 0 aliphatic rings. The van der Waals surface area contributed by atoms with Crippen molar-refractivity contribution in [3.05, 3.63) is 17.7 Å². The molecule has 0 aliphatic heterocycles. The number of benzene rings is 1. The summed E-state index contributed by atoms with van der Waals surface area (Å²) in [6.45, 7) is 0. The molecule has 0 aliphatic carbocycles. The Kier molecular flexibility index (Phi) is 5.23. The predicted octanol–water partition coefficient (Wildman–Crippen LogP) is 2.43. The van der Waals surface area contributed by atoms with Crippen LogP contribution in [0.4, 0.5) is 0 Å². The van der Waals surface area contributed by atoms with Crippen LogP contribution in [0.5, 0.6) is 17.2 Å². The maximum absolute atomic E-state index is 12.0. The summed E-state index contributed by atoms with van der Waals surface area (Å²) in [7, 11) is 7.86. The molecule has 0 heterocycles. The molecule has 0 aromatic heterocycles. The zero-order valence-corrected chi connectivity index (χ0v) is 11.2. The topological polar surface area (TPSA) is 44.8 Å². The van der Waals surface area contributed by atoms with Gasteiger partial charge in [-0.1, -0.05) is 0 Å². The van der Waals surface area contributed by atoms with Crippen molar-refractivity contribution in [1.29, 1.82) is 0 Å². The quantitative estimate of drug-likeness (QED) is 0.578. The first-order chi connectivity index (χ1) is 8.17. The highest BCUT2D eigenvalue weighted by Gasteiger charge is 2.18. The molecule has 0 saturated carbocycles. The van der Waals surface area contributed by atoms with E-state index in [0.29, 0.717) is 35.4 Å². The molecule has 94 valence electrons. The Morgan fingerprint density at radius 2 is 1.65 bits per heavy atom. The van der Waals surface area contributed by atoms with Crippen LogP contribution in [0.25, 0.3) is 0 Å².